The molecule has 2 aromatic heterocycles. The number of aryl methyl sites for hydroxylation is 4. The number of fused-ring (bicyclic) bond motifs is 1. The Morgan fingerprint density at radius 2 is 1.68 bits per heavy atom. The maximum Gasteiger partial charge on any atom is 0.182 e. The van der Waals surface area contributed by atoms with Gasteiger partial charge in [-0.25, -0.2) is 4.98 Å². The third kappa shape index (κ3) is 2.68. The predicted molar refractivity (Wildman–Crippen MR) is 92.5 cm³/mol. The summed E-state index contributed by atoms with van der Waals surface area (Å²) in [4.78, 5) is 4.51. The molecule has 0 saturated carbocycles. The van der Waals surface area contributed by atoms with Crippen molar-refractivity contribution in [2.24, 2.45) is 10.2 Å². The van der Waals surface area contributed by atoms with Gasteiger partial charge in [-0.15, -0.1) is 10.2 Å². The molecule has 0 fully saturated rings. The molecule has 0 spiro atoms. The monoisotopic (exact) mass is 356 g/mol. The van der Waals surface area contributed by atoms with Crippen LogP contribution < -0.4 is 0 Å². The Kier molecular flexibility index (Phi) is 3.83. The summed E-state index contributed by atoms with van der Waals surface area (Å²) in [6.45, 7) is 8.16. The first kappa shape index (κ1) is 14.9. The number of imidazole rings is 1. The van der Waals surface area contributed by atoms with Gasteiger partial charge in [-0.05, 0) is 66.9 Å². The highest BCUT2D eigenvalue weighted by molar-refractivity contribution is 9.10. The van der Waals surface area contributed by atoms with Gasteiger partial charge in [0.25, 0.3) is 0 Å². The molecule has 0 atom stereocenters. The van der Waals surface area contributed by atoms with E-state index in [0.717, 1.165) is 38.4 Å². The van der Waals surface area contributed by atoms with E-state index >= 15 is 0 Å². The zero-order valence-electron chi connectivity index (χ0n) is 13.1. The van der Waals surface area contributed by atoms with Crippen LogP contribution in [0.5, 0.6) is 0 Å². The number of benzene rings is 1. The van der Waals surface area contributed by atoms with Crippen molar-refractivity contribution in [3.05, 3.63) is 57.3 Å². The van der Waals surface area contributed by atoms with Crippen molar-refractivity contribution < 1.29 is 0 Å². The molecule has 3 rings (SSSR count). The topological polar surface area (TPSA) is 42.0 Å². The molecule has 0 aliphatic heterocycles. The summed E-state index contributed by atoms with van der Waals surface area (Å²) in [7, 11) is 0. The Morgan fingerprint density at radius 3 is 2.36 bits per heavy atom. The predicted octanol–water partition coefficient (Wildman–Crippen LogP) is 5.75. The summed E-state index contributed by atoms with van der Waals surface area (Å²) in [5, 5.41) is 8.94. The van der Waals surface area contributed by atoms with Crippen molar-refractivity contribution in [2.75, 3.05) is 0 Å². The van der Waals surface area contributed by atoms with Crippen LogP contribution in [-0.2, 0) is 0 Å². The first-order valence-corrected chi connectivity index (χ1v) is 7.89. The van der Waals surface area contributed by atoms with Crippen molar-refractivity contribution in [2.45, 2.75) is 27.7 Å². The Balaban J connectivity index is 2.10. The van der Waals surface area contributed by atoms with Gasteiger partial charge < -0.3 is 0 Å². The molecule has 22 heavy (non-hydrogen) atoms. The first-order chi connectivity index (χ1) is 10.5. The minimum Gasteiger partial charge on any atom is -0.282 e. The Morgan fingerprint density at radius 1 is 1.00 bits per heavy atom. The normalized spacial score (nSPS) is 11.7. The number of halogens is 1. The highest BCUT2D eigenvalue weighted by Crippen LogP contribution is 2.29. The number of hydrogen-bond donors (Lipinski definition) is 0. The molecule has 0 N–H and O–H groups in total. The molecule has 112 valence electrons. The van der Waals surface area contributed by atoms with Gasteiger partial charge in [0.05, 0.1) is 11.4 Å². The number of aromatic nitrogens is 2. The summed E-state index contributed by atoms with van der Waals surface area (Å²) in [6, 6.07) is 8.17. The van der Waals surface area contributed by atoms with E-state index in [2.05, 4.69) is 64.0 Å². The molecule has 1 aromatic carbocycles. The van der Waals surface area contributed by atoms with Gasteiger partial charge in [0.2, 0.25) is 0 Å². The Hall–Kier alpha value is -2.01. The quantitative estimate of drug-likeness (QED) is 0.539. The summed E-state index contributed by atoms with van der Waals surface area (Å²) in [5.74, 6) is 0.760. The molecule has 0 bridgehead atoms. The molecular formula is C17H17BrN4. The zero-order chi connectivity index (χ0) is 15.9. The average molecular weight is 357 g/mol. The molecule has 0 amide bonds. The van der Waals surface area contributed by atoms with Crippen LogP contribution in [0.2, 0.25) is 0 Å². The number of hydrogen-bond acceptors (Lipinski definition) is 3. The fourth-order valence-electron chi connectivity index (χ4n) is 2.67. The number of pyridine rings is 1. The molecule has 0 saturated heterocycles. The van der Waals surface area contributed by atoms with Gasteiger partial charge in [-0.1, -0.05) is 17.7 Å². The highest BCUT2D eigenvalue weighted by atomic mass is 79.9. The van der Waals surface area contributed by atoms with Crippen LogP contribution in [0.1, 0.15) is 22.4 Å². The molecule has 4 nitrogen and oxygen atoms in total. The number of nitrogens with zero attached hydrogens (tertiary/aromatic N) is 4. The summed E-state index contributed by atoms with van der Waals surface area (Å²) in [5.41, 5.74) is 6.16. The van der Waals surface area contributed by atoms with E-state index in [1.165, 1.54) is 5.56 Å². The maximum atomic E-state index is 4.51. The van der Waals surface area contributed by atoms with Gasteiger partial charge in [-0.2, -0.15) is 0 Å². The Labute approximate surface area is 138 Å². The molecule has 0 unspecified atom stereocenters. The van der Waals surface area contributed by atoms with Crippen LogP contribution in [0.15, 0.2) is 45.2 Å². The molecule has 0 aliphatic rings. The van der Waals surface area contributed by atoms with Crippen molar-refractivity contribution >= 4 is 33.1 Å². The lowest BCUT2D eigenvalue weighted by Gasteiger charge is -2.05. The fourth-order valence-corrected chi connectivity index (χ4v) is 3.01. The van der Waals surface area contributed by atoms with Crippen molar-refractivity contribution in [3.8, 4) is 0 Å². The molecule has 0 aliphatic carbocycles. The van der Waals surface area contributed by atoms with E-state index < -0.39 is 0 Å². The van der Waals surface area contributed by atoms with Crippen LogP contribution >= 0.6 is 15.9 Å². The van der Waals surface area contributed by atoms with E-state index in [9.17, 15) is 0 Å². The van der Waals surface area contributed by atoms with E-state index in [1.807, 2.05) is 29.7 Å². The molecule has 0 radical (unpaired) electrons. The Bertz CT molecular complexity index is 870. The second-order valence-corrected chi connectivity index (χ2v) is 6.46. The third-order valence-corrected chi connectivity index (χ3v) is 4.07. The van der Waals surface area contributed by atoms with Crippen LogP contribution in [0, 0.1) is 27.7 Å². The first-order valence-electron chi connectivity index (χ1n) is 7.09. The van der Waals surface area contributed by atoms with Gasteiger partial charge in [0.1, 0.15) is 5.65 Å². The molecular weight excluding hydrogens is 340 g/mol. The minimum absolute atomic E-state index is 0.760. The van der Waals surface area contributed by atoms with Crippen molar-refractivity contribution in [3.63, 3.8) is 0 Å². The van der Waals surface area contributed by atoms with Crippen molar-refractivity contribution in [1.82, 2.24) is 9.38 Å². The van der Waals surface area contributed by atoms with Gasteiger partial charge >= 0.3 is 0 Å². The largest absolute Gasteiger partial charge is 0.282 e. The highest BCUT2D eigenvalue weighted by Gasteiger charge is 2.09. The lowest BCUT2D eigenvalue weighted by molar-refractivity contribution is 1.08. The summed E-state index contributed by atoms with van der Waals surface area (Å²) < 4.78 is 2.93. The van der Waals surface area contributed by atoms with Gasteiger partial charge in [0.15, 0.2) is 5.82 Å². The lowest BCUT2D eigenvalue weighted by atomic mass is 10.1. The molecule has 5 heteroatoms. The van der Waals surface area contributed by atoms with Gasteiger partial charge in [0, 0.05) is 10.7 Å². The second kappa shape index (κ2) is 5.65. The number of azo groups is 1. The van der Waals surface area contributed by atoms with Crippen LogP contribution in [0.25, 0.3) is 5.65 Å². The number of rotatable bonds is 2. The molecule has 2 heterocycles. The molecule has 3 aromatic rings. The minimum atomic E-state index is 0.760. The lowest BCUT2D eigenvalue weighted by Crippen LogP contribution is -1.84. The van der Waals surface area contributed by atoms with Gasteiger partial charge in [-0.3, -0.25) is 4.40 Å². The smallest absolute Gasteiger partial charge is 0.182 e. The maximum absolute atomic E-state index is 4.51. The fraction of sp³-hybridized carbons (Fsp3) is 0.235. The van der Waals surface area contributed by atoms with Crippen LogP contribution in [0.4, 0.5) is 11.5 Å². The second-order valence-electron chi connectivity index (χ2n) is 5.54. The van der Waals surface area contributed by atoms with E-state index in [4.69, 9.17) is 0 Å². The summed E-state index contributed by atoms with van der Waals surface area (Å²) in [6.07, 6.45) is 1.96. The SMILES string of the molecule is Cc1cc(C)c(N=Nc2c(C)nc3ccc(Br)cn23)c(C)c1. The zero-order valence-corrected chi connectivity index (χ0v) is 14.6. The van der Waals surface area contributed by atoms with E-state index in [1.54, 1.807) is 0 Å². The van der Waals surface area contributed by atoms with Crippen molar-refractivity contribution in [1.29, 1.82) is 0 Å². The summed E-state index contributed by atoms with van der Waals surface area (Å²) >= 11 is 3.48. The standard InChI is InChI=1S/C17H17BrN4/c1-10-7-11(2)16(12(3)8-10)20-21-17-13(4)19-15-6-5-14(18)9-22(15)17/h5-9H,1-4H3. The average Bonchev–Trinajstić information content (AvgIpc) is 2.73. The van der Waals surface area contributed by atoms with E-state index in [-0.39, 0.29) is 0 Å². The van der Waals surface area contributed by atoms with Crippen LogP contribution in [0.3, 0.4) is 0 Å². The van der Waals surface area contributed by atoms with Crippen LogP contribution in [-0.4, -0.2) is 9.38 Å². The third-order valence-electron chi connectivity index (χ3n) is 3.61. The van der Waals surface area contributed by atoms with E-state index in [0.29, 0.717) is 0 Å².